The number of aromatic nitrogens is 1. The van der Waals surface area contributed by atoms with E-state index in [0.29, 0.717) is 0 Å². The number of halogens is 2. The number of rotatable bonds is 3. The predicted molar refractivity (Wildman–Crippen MR) is 51.6 cm³/mol. The second-order valence-corrected chi connectivity index (χ2v) is 2.88. The average Bonchev–Trinajstić information content (AvgIpc) is 2.26. The van der Waals surface area contributed by atoms with E-state index in [1.807, 2.05) is 0 Å². The summed E-state index contributed by atoms with van der Waals surface area (Å²) < 4.78 is 29.6. The van der Waals surface area contributed by atoms with Crippen LogP contribution in [0.4, 0.5) is 20.4 Å². The van der Waals surface area contributed by atoms with E-state index in [-0.39, 0.29) is 0 Å². The maximum Gasteiger partial charge on any atom is 0.375 e. The van der Waals surface area contributed by atoms with Gasteiger partial charge in [-0.15, -0.1) is 0 Å². The van der Waals surface area contributed by atoms with Crippen LogP contribution in [0.1, 0.15) is 22.3 Å². The van der Waals surface area contributed by atoms with E-state index in [2.05, 4.69) is 9.72 Å². The lowest BCUT2D eigenvalue weighted by Gasteiger charge is -2.07. The highest BCUT2D eigenvalue weighted by atomic mass is 19.3. The Labute approximate surface area is 93.3 Å². The van der Waals surface area contributed by atoms with Gasteiger partial charge in [-0.2, -0.15) is 0 Å². The van der Waals surface area contributed by atoms with Gasteiger partial charge in [0.25, 0.3) is 6.43 Å². The number of carbonyl (C=O) groups is 1. The molecule has 2 N–H and O–H groups in total. The zero-order chi connectivity index (χ0) is 13.2. The molecule has 0 bridgehead atoms. The Kier molecular flexibility index (Phi) is 3.51. The lowest BCUT2D eigenvalue weighted by Crippen LogP contribution is -2.12. The second-order valence-electron chi connectivity index (χ2n) is 2.88. The lowest BCUT2D eigenvalue weighted by molar-refractivity contribution is -0.390. The van der Waals surface area contributed by atoms with E-state index >= 15 is 0 Å². The normalized spacial score (nSPS) is 10.4. The van der Waals surface area contributed by atoms with Crippen LogP contribution in [0.15, 0.2) is 6.07 Å². The molecule has 17 heavy (non-hydrogen) atoms. The summed E-state index contributed by atoms with van der Waals surface area (Å²) in [6, 6.07) is 0.806. The van der Waals surface area contributed by atoms with Gasteiger partial charge in [-0.05, 0) is 9.91 Å². The zero-order valence-electron chi connectivity index (χ0n) is 8.52. The van der Waals surface area contributed by atoms with Crippen LogP contribution in [0.5, 0.6) is 0 Å². The fourth-order valence-electron chi connectivity index (χ4n) is 1.19. The number of hydrogen-bond donors (Lipinski definition) is 1. The smallest absolute Gasteiger partial charge is 0.375 e. The third-order valence-electron chi connectivity index (χ3n) is 1.85. The highest BCUT2D eigenvalue weighted by Gasteiger charge is 2.31. The number of nitrogens with two attached hydrogens (primary N) is 1. The van der Waals surface area contributed by atoms with Gasteiger partial charge in [-0.1, -0.05) is 0 Å². The molecule has 7 nitrogen and oxygen atoms in total. The molecule has 1 aromatic heterocycles. The SMILES string of the molecule is COC(=O)c1cc(N)nc([N+](=O)[O-])c1C(F)F. The van der Waals surface area contributed by atoms with Gasteiger partial charge >= 0.3 is 11.8 Å². The summed E-state index contributed by atoms with van der Waals surface area (Å²) >= 11 is 0. The first kappa shape index (κ1) is 12.7. The minimum atomic E-state index is -3.24. The first-order valence-electron chi connectivity index (χ1n) is 4.19. The van der Waals surface area contributed by atoms with Gasteiger partial charge in [-0.3, -0.25) is 0 Å². The van der Waals surface area contributed by atoms with Crippen LogP contribution < -0.4 is 5.73 Å². The molecular formula is C8H7F2N3O4. The van der Waals surface area contributed by atoms with Crippen molar-refractivity contribution in [1.29, 1.82) is 0 Å². The lowest BCUT2D eigenvalue weighted by atomic mass is 10.1. The number of carbonyl (C=O) groups excluding carboxylic acids is 1. The molecule has 0 aromatic carbocycles. The van der Waals surface area contributed by atoms with Crippen molar-refractivity contribution in [2.24, 2.45) is 0 Å². The Bertz CT molecular complexity index is 478. The zero-order valence-corrected chi connectivity index (χ0v) is 8.52. The van der Waals surface area contributed by atoms with Crippen molar-refractivity contribution in [1.82, 2.24) is 4.98 Å². The molecule has 0 spiro atoms. The van der Waals surface area contributed by atoms with E-state index < -0.39 is 40.1 Å². The van der Waals surface area contributed by atoms with Gasteiger partial charge < -0.3 is 20.6 Å². The summed E-state index contributed by atoms with van der Waals surface area (Å²) in [5, 5.41) is 10.5. The number of nitro groups is 1. The molecule has 92 valence electrons. The van der Waals surface area contributed by atoms with E-state index in [4.69, 9.17) is 5.73 Å². The minimum absolute atomic E-state index is 0.415. The molecule has 9 heteroatoms. The number of ether oxygens (including phenoxy) is 1. The quantitative estimate of drug-likeness (QED) is 0.489. The molecule has 0 amide bonds. The van der Waals surface area contributed by atoms with Gasteiger partial charge in [0, 0.05) is 6.07 Å². The summed E-state index contributed by atoms with van der Waals surface area (Å²) in [6.07, 6.45) is -3.24. The Morgan fingerprint density at radius 2 is 2.24 bits per heavy atom. The largest absolute Gasteiger partial charge is 0.465 e. The Hall–Kier alpha value is -2.32. The molecule has 0 aliphatic rings. The molecular weight excluding hydrogens is 240 g/mol. The second kappa shape index (κ2) is 4.68. The summed E-state index contributed by atoms with van der Waals surface area (Å²) in [6.45, 7) is 0. The third-order valence-corrected chi connectivity index (χ3v) is 1.85. The summed E-state index contributed by atoms with van der Waals surface area (Å²) in [5.41, 5.74) is 3.42. The van der Waals surface area contributed by atoms with Crippen LogP contribution in [0.2, 0.25) is 0 Å². The van der Waals surface area contributed by atoms with Crippen molar-refractivity contribution in [2.75, 3.05) is 12.8 Å². The molecule has 0 aliphatic carbocycles. The van der Waals surface area contributed by atoms with Crippen LogP contribution in [0.25, 0.3) is 0 Å². The maximum absolute atomic E-state index is 12.7. The predicted octanol–water partition coefficient (Wildman–Crippen LogP) is 1.30. The van der Waals surface area contributed by atoms with Crippen molar-refractivity contribution < 1.29 is 23.2 Å². The van der Waals surface area contributed by atoms with Crippen molar-refractivity contribution in [3.05, 3.63) is 27.3 Å². The highest BCUT2D eigenvalue weighted by molar-refractivity contribution is 5.93. The van der Waals surface area contributed by atoms with Gasteiger partial charge in [0.1, 0.15) is 5.56 Å². The van der Waals surface area contributed by atoms with Crippen molar-refractivity contribution in [3.63, 3.8) is 0 Å². The monoisotopic (exact) mass is 247 g/mol. The van der Waals surface area contributed by atoms with E-state index in [1.165, 1.54) is 0 Å². The molecule has 1 heterocycles. The molecule has 0 saturated heterocycles. The number of pyridine rings is 1. The molecule has 0 saturated carbocycles. The molecule has 0 radical (unpaired) electrons. The number of nitrogens with zero attached hydrogens (tertiary/aromatic N) is 2. The van der Waals surface area contributed by atoms with E-state index in [0.717, 1.165) is 13.2 Å². The first-order valence-corrected chi connectivity index (χ1v) is 4.19. The fourth-order valence-corrected chi connectivity index (χ4v) is 1.19. The number of nitrogen functional groups attached to an aromatic ring is 1. The molecule has 0 aliphatic heterocycles. The van der Waals surface area contributed by atoms with Gasteiger partial charge in [0.15, 0.2) is 0 Å². The van der Waals surface area contributed by atoms with E-state index in [1.54, 1.807) is 0 Å². The van der Waals surface area contributed by atoms with Crippen molar-refractivity contribution >= 4 is 17.6 Å². The minimum Gasteiger partial charge on any atom is -0.465 e. The third kappa shape index (κ3) is 2.44. The maximum atomic E-state index is 12.7. The van der Waals surface area contributed by atoms with Crippen LogP contribution >= 0.6 is 0 Å². The number of hydrogen-bond acceptors (Lipinski definition) is 6. The Balaban J connectivity index is 3.57. The van der Waals surface area contributed by atoms with Crippen molar-refractivity contribution in [3.8, 4) is 0 Å². The Morgan fingerprint density at radius 3 is 2.65 bits per heavy atom. The number of alkyl halides is 2. The fraction of sp³-hybridized carbons (Fsp3) is 0.250. The standard InChI is InChI=1S/C8H7F2N3O4/c1-17-8(14)3-2-4(11)12-7(13(15)16)5(3)6(9)10/h2,6H,1H3,(H2,11,12). The van der Waals surface area contributed by atoms with Crippen LogP contribution in [-0.2, 0) is 4.74 Å². The van der Waals surface area contributed by atoms with Crippen LogP contribution in [0.3, 0.4) is 0 Å². The number of esters is 1. The van der Waals surface area contributed by atoms with Gasteiger partial charge in [0.05, 0.1) is 12.7 Å². The topological polar surface area (TPSA) is 108 Å². The molecule has 1 aromatic rings. The van der Waals surface area contributed by atoms with E-state index in [9.17, 15) is 23.7 Å². The van der Waals surface area contributed by atoms with Gasteiger partial charge in [-0.25, -0.2) is 13.6 Å². The van der Waals surface area contributed by atoms with Gasteiger partial charge in [0.2, 0.25) is 5.82 Å². The summed E-state index contributed by atoms with van der Waals surface area (Å²) in [4.78, 5) is 23.8. The number of anilines is 1. The summed E-state index contributed by atoms with van der Waals surface area (Å²) in [5.74, 6) is -2.71. The number of methoxy groups -OCH3 is 1. The first-order chi connectivity index (χ1) is 7.88. The Morgan fingerprint density at radius 1 is 1.65 bits per heavy atom. The molecule has 0 atom stereocenters. The average molecular weight is 247 g/mol. The van der Waals surface area contributed by atoms with Crippen LogP contribution in [-0.4, -0.2) is 23.0 Å². The molecule has 1 rings (SSSR count). The summed E-state index contributed by atoms with van der Waals surface area (Å²) in [7, 11) is 0.958. The molecule has 0 fully saturated rings. The van der Waals surface area contributed by atoms with Crippen molar-refractivity contribution in [2.45, 2.75) is 6.43 Å². The van der Waals surface area contributed by atoms with Crippen LogP contribution in [0, 0.1) is 10.1 Å². The highest BCUT2D eigenvalue weighted by Crippen LogP contribution is 2.32. The molecule has 0 unspecified atom stereocenters.